The van der Waals surface area contributed by atoms with Gasteiger partial charge in [0.25, 0.3) is 10.0 Å². The van der Waals surface area contributed by atoms with Crippen molar-refractivity contribution in [2.24, 2.45) is 0 Å². The number of hydrogen-bond acceptors (Lipinski definition) is 4. The Morgan fingerprint density at radius 2 is 1.50 bits per heavy atom. The Kier molecular flexibility index (Phi) is 10.6. The van der Waals surface area contributed by atoms with Gasteiger partial charge in [-0.15, -0.1) is 0 Å². The summed E-state index contributed by atoms with van der Waals surface area (Å²) >= 11 is 12.9. The second-order valence-corrected chi connectivity index (χ2v) is 12.6. The molecule has 1 N–H and O–H groups in total. The highest BCUT2D eigenvalue weighted by molar-refractivity contribution is 7.92. The molecule has 0 unspecified atom stereocenters. The average Bonchev–Trinajstić information content (AvgIpc) is 2.89. The number of amides is 2. The maximum absolute atomic E-state index is 14.1. The van der Waals surface area contributed by atoms with E-state index in [1.807, 2.05) is 20.8 Å². The average molecular weight is 605 g/mol. The van der Waals surface area contributed by atoms with Crippen LogP contribution in [0.1, 0.15) is 43.9 Å². The lowest BCUT2D eigenvalue weighted by Crippen LogP contribution is -2.53. The molecule has 0 aliphatic carbocycles. The van der Waals surface area contributed by atoms with Gasteiger partial charge in [0.2, 0.25) is 11.8 Å². The Labute approximate surface area is 247 Å². The molecule has 3 aromatic carbocycles. The van der Waals surface area contributed by atoms with Crippen LogP contribution in [0.15, 0.2) is 71.6 Å². The zero-order chi connectivity index (χ0) is 29.6. The largest absolute Gasteiger partial charge is 0.352 e. The first-order valence-electron chi connectivity index (χ1n) is 13.0. The first kappa shape index (κ1) is 31.5. The van der Waals surface area contributed by atoms with Crippen LogP contribution in [-0.4, -0.2) is 43.8 Å². The van der Waals surface area contributed by atoms with E-state index in [0.717, 1.165) is 9.87 Å². The van der Waals surface area contributed by atoms with Crippen LogP contribution in [0.3, 0.4) is 0 Å². The van der Waals surface area contributed by atoms with Crippen molar-refractivity contribution in [2.45, 2.75) is 64.6 Å². The molecule has 0 aliphatic heterocycles. The van der Waals surface area contributed by atoms with Crippen LogP contribution in [0.2, 0.25) is 10.0 Å². The molecule has 0 saturated heterocycles. The molecule has 1 atom stereocenters. The predicted molar refractivity (Wildman–Crippen MR) is 161 cm³/mol. The number of hydrogen-bond donors (Lipinski definition) is 1. The molecule has 0 aromatic heterocycles. The molecule has 0 fully saturated rings. The van der Waals surface area contributed by atoms with Crippen LogP contribution >= 0.6 is 23.2 Å². The summed E-state index contributed by atoms with van der Waals surface area (Å²) in [6.45, 7) is 8.49. The number of rotatable bonds is 11. The third-order valence-electron chi connectivity index (χ3n) is 6.48. The summed E-state index contributed by atoms with van der Waals surface area (Å²) in [7, 11) is -4.15. The molecule has 0 saturated carbocycles. The smallest absolute Gasteiger partial charge is 0.264 e. The van der Waals surface area contributed by atoms with E-state index in [1.54, 1.807) is 68.4 Å². The topological polar surface area (TPSA) is 86.8 Å². The minimum atomic E-state index is -4.15. The Morgan fingerprint density at radius 3 is 2.05 bits per heavy atom. The number of nitrogens with one attached hydrogen (secondary N) is 1. The van der Waals surface area contributed by atoms with Crippen molar-refractivity contribution in [1.82, 2.24) is 10.2 Å². The van der Waals surface area contributed by atoms with Gasteiger partial charge in [0.15, 0.2) is 0 Å². The molecule has 0 spiro atoms. The van der Waals surface area contributed by atoms with E-state index < -0.39 is 28.5 Å². The number of sulfonamides is 1. The summed E-state index contributed by atoms with van der Waals surface area (Å²) < 4.78 is 29.0. The highest BCUT2D eigenvalue weighted by Gasteiger charge is 2.34. The van der Waals surface area contributed by atoms with Crippen LogP contribution < -0.4 is 9.62 Å². The van der Waals surface area contributed by atoms with Gasteiger partial charge >= 0.3 is 0 Å². The van der Waals surface area contributed by atoms with E-state index in [1.165, 1.54) is 17.0 Å². The van der Waals surface area contributed by atoms with E-state index in [0.29, 0.717) is 33.3 Å². The minimum absolute atomic E-state index is 0.0550. The molecule has 0 radical (unpaired) electrons. The van der Waals surface area contributed by atoms with Gasteiger partial charge in [-0.3, -0.25) is 13.9 Å². The van der Waals surface area contributed by atoms with E-state index in [2.05, 4.69) is 5.32 Å². The first-order chi connectivity index (χ1) is 18.9. The van der Waals surface area contributed by atoms with Crippen molar-refractivity contribution < 1.29 is 18.0 Å². The molecule has 0 bridgehead atoms. The molecule has 3 rings (SSSR count). The van der Waals surface area contributed by atoms with Crippen molar-refractivity contribution in [1.29, 1.82) is 0 Å². The van der Waals surface area contributed by atoms with E-state index in [-0.39, 0.29) is 23.4 Å². The molecule has 214 valence electrons. The third kappa shape index (κ3) is 7.36. The molecule has 0 aliphatic rings. The van der Waals surface area contributed by atoms with Crippen molar-refractivity contribution in [3.05, 3.63) is 93.5 Å². The first-order valence-corrected chi connectivity index (χ1v) is 15.2. The molecule has 2 amide bonds. The number of aryl methyl sites for hydroxylation is 2. The zero-order valence-corrected chi connectivity index (χ0v) is 25.6. The van der Waals surface area contributed by atoms with Gasteiger partial charge in [0, 0.05) is 28.2 Å². The fourth-order valence-electron chi connectivity index (χ4n) is 4.35. The number of halogens is 2. The van der Waals surface area contributed by atoms with Crippen LogP contribution in [0.4, 0.5) is 5.69 Å². The van der Waals surface area contributed by atoms with Gasteiger partial charge < -0.3 is 10.2 Å². The van der Waals surface area contributed by atoms with Gasteiger partial charge in [-0.25, -0.2) is 8.42 Å². The number of carbonyl (C=O) groups is 2. The van der Waals surface area contributed by atoms with Crippen molar-refractivity contribution in [3.63, 3.8) is 0 Å². The Bertz CT molecular complexity index is 1440. The molecular weight excluding hydrogens is 569 g/mol. The predicted octanol–water partition coefficient (Wildman–Crippen LogP) is 6.14. The van der Waals surface area contributed by atoms with Gasteiger partial charge in [-0.2, -0.15) is 0 Å². The fraction of sp³-hybridized carbons (Fsp3) is 0.333. The maximum Gasteiger partial charge on any atom is 0.264 e. The molecule has 0 heterocycles. The SMILES string of the molecule is CC[C@H](C(=O)NC(C)C)N(Cc1c(Cl)cccc1Cl)C(=O)CN(c1ccccc1C)S(=O)(=O)c1ccc(C)cc1. The summed E-state index contributed by atoms with van der Waals surface area (Å²) in [6, 6.07) is 17.4. The summed E-state index contributed by atoms with van der Waals surface area (Å²) in [6.07, 6.45) is 0.293. The standard InChI is InChI=1S/C30H35Cl2N3O4S/c1-6-27(30(37)33-20(2)3)34(18-24-25(31)11-9-12-26(24)32)29(36)19-35(28-13-8-7-10-22(28)5)40(38,39)23-16-14-21(4)15-17-23/h7-17,20,27H,6,18-19H2,1-5H3,(H,33,37)/t27-/m1/s1. The van der Waals surface area contributed by atoms with E-state index in [9.17, 15) is 18.0 Å². The number of para-hydroxylation sites is 1. The lowest BCUT2D eigenvalue weighted by Gasteiger charge is -2.34. The van der Waals surface area contributed by atoms with Crippen molar-refractivity contribution >= 4 is 50.7 Å². The Hall–Kier alpha value is -3.07. The van der Waals surface area contributed by atoms with Gasteiger partial charge in [-0.1, -0.05) is 72.1 Å². The normalized spacial score (nSPS) is 12.2. The molecule has 7 nitrogen and oxygen atoms in total. The summed E-state index contributed by atoms with van der Waals surface area (Å²) in [5, 5.41) is 3.55. The molecule has 40 heavy (non-hydrogen) atoms. The van der Waals surface area contributed by atoms with Gasteiger partial charge in [-0.05, 0) is 70.0 Å². The monoisotopic (exact) mass is 603 g/mol. The van der Waals surface area contributed by atoms with Crippen LogP contribution in [-0.2, 0) is 26.2 Å². The van der Waals surface area contributed by atoms with E-state index in [4.69, 9.17) is 23.2 Å². The van der Waals surface area contributed by atoms with Gasteiger partial charge in [0.1, 0.15) is 12.6 Å². The lowest BCUT2D eigenvalue weighted by atomic mass is 10.1. The highest BCUT2D eigenvalue weighted by atomic mass is 35.5. The van der Waals surface area contributed by atoms with Crippen molar-refractivity contribution in [2.75, 3.05) is 10.8 Å². The number of benzene rings is 3. The second kappa shape index (κ2) is 13.5. The highest BCUT2D eigenvalue weighted by Crippen LogP contribution is 2.30. The van der Waals surface area contributed by atoms with Gasteiger partial charge in [0.05, 0.1) is 10.6 Å². The lowest BCUT2D eigenvalue weighted by molar-refractivity contribution is -0.140. The number of nitrogens with zero attached hydrogens (tertiary/aromatic N) is 2. The van der Waals surface area contributed by atoms with Crippen LogP contribution in [0.5, 0.6) is 0 Å². The second-order valence-electron chi connectivity index (χ2n) is 9.92. The van der Waals surface area contributed by atoms with Crippen LogP contribution in [0, 0.1) is 13.8 Å². The fourth-order valence-corrected chi connectivity index (χ4v) is 6.34. The number of anilines is 1. The minimum Gasteiger partial charge on any atom is -0.352 e. The summed E-state index contributed by atoms with van der Waals surface area (Å²) in [4.78, 5) is 28.8. The molecular formula is C30H35Cl2N3O4S. The third-order valence-corrected chi connectivity index (χ3v) is 8.96. The molecule has 10 heteroatoms. The quantitative estimate of drug-likeness (QED) is 0.285. The van der Waals surface area contributed by atoms with Crippen LogP contribution in [0.25, 0.3) is 0 Å². The Balaban J connectivity index is 2.12. The summed E-state index contributed by atoms with van der Waals surface area (Å²) in [5.41, 5.74) is 2.42. The Morgan fingerprint density at radius 1 is 0.900 bits per heavy atom. The van der Waals surface area contributed by atoms with Crippen molar-refractivity contribution in [3.8, 4) is 0 Å². The summed E-state index contributed by atoms with van der Waals surface area (Å²) in [5.74, 6) is -0.918. The molecule has 3 aromatic rings. The zero-order valence-electron chi connectivity index (χ0n) is 23.3. The van der Waals surface area contributed by atoms with E-state index >= 15 is 0 Å². The maximum atomic E-state index is 14.1. The number of carbonyl (C=O) groups excluding carboxylic acids is 2.